The Bertz CT molecular complexity index is 648. The Balaban J connectivity index is 1.59. The van der Waals surface area contributed by atoms with Crippen LogP contribution < -0.4 is 5.32 Å². The van der Waals surface area contributed by atoms with Crippen LogP contribution in [0, 0.1) is 11.8 Å². The van der Waals surface area contributed by atoms with E-state index >= 15 is 0 Å². The summed E-state index contributed by atoms with van der Waals surface area (Å²) < 4.78 is 1.78. The van der Waals surface area contributed by atoms with Crippen LogP contribution in [-0.2, 0) is 11.3 Å². The van der Waals surface area contributed by atoms with Gasteiger partial charge in [-0.25, -0.2) is 4.98 Å². The molecule has 1 aliphatic carbocycles. The highest BCUT2D eigenvalue weighted by Crippen LogP contribution is 2.32. The van der Waals surface area contributed by atoms with Crippen LogP contribution in [0.15, 0.2) is 43.0 Å². The van der Waals surface area contributed by atoms with E-state index in [1.165, 1.54) is 38.4 Å². The SMILES string of the molecule is CCCCC1CCC(C(=O)NC(Cn2cncn2)c2ccccc2)CC1. The molecule has 1 unspecified atom stereocenters. The van der Waals surface area contributed by atoms with Crippen molar-refractivity contribution in [2.75, 3.05) is 0 Å². The summed E-state index contributed by atoms with van der Waals surface area (Å²) in [4.78, 5) is 16.9. The Morgan fingerprint density at radius 1 is 1.23 bits per heavy atom. The summed E-state index contributed by atoms with van der Waals surface area (Å²) in [5.41, 5.74) is 1.10. The van der Waals surface area contributed by atoms with Gasteiger partial charge in [0.2, 0.25) is 5.91 Å². The third kappa shape index (κ3) is 5.16. The summed E-state index contributed by atoms with van der Waals surface area (Å²) in [6.45, 7) is 2.85. The van der Waals surface area contributed by atoms with Gasteiger partial charge in [0.15, 0.2) is 0 Å². The zero-order chi connectivity index (χ0) is 18.2. The summed E-state index contributed by atoms with van der Waals surface area (Å²) in [5, 5.41) is 7.47. The van der Waals surface area contributed by atoms with Gasteiger partial charge in [0.25, 0.3) is 0 Å². The summed E-state index contributed by atoms with van der Waals surface area (Å²) in [7, 11) is 0. The van der Waals surface area contributed by atoms with E-state index in [-0.39, 0.29) is 17.9 Å². The zero-order valence-corrected chi connectivity index (χ0v) is 15.7. The van der Waals surface area contributed by atoms with Crippen LogP contribution in [0.3, 0.4) is 0 Å². The first-order chi connectivity index (χ1) is 12.8. The number of nitrogens with one attached hydrogen (secondary N) is 1. The molecule has 140 valence electrons. The molecule has 5 heteroatoms. The normalized spacial score (nSPS) is 21.3. The van der Waals surface area contributed by atoms with Crippen molar-refractivity contribution in [1.29, 1.82) is 0 Å². The molecular formula is C21H30N4O. The van der Waals surface area contributed by atoms with Crippen LogP contribution in [0.4, 0.5) is 0 Å². The lowest BCUT2D eigenvalue weighted by molar-refractivity contribution is -0.127. The van der Waals surface area contributed by atoms with Gasteiger partial charge in [-0.2, -0.15) is 5.10 Å². The van der Waals surface area contributed by atoms with E-state index < -0.39 is 0 Å². The number of nitrogens with zero attached hydrogens (tertiary/aromatic N) is 3. The molecule has 0 spiro atoms. The van der Waals surface area contributed by atoms with E-state index in [1.54, 1.807) is 11.0 Å². The molecule has 5 nitrogen and oxygen atoms in total. The fourth-order valence-electron chi connectivity index (χ4n) is 3.93. The molecule has 0 saturated heterocycles. The molecule has 1 aromatic heterocycles. The lowest BCUT2D eigenvalue weighted by Gasteiger charge is -2.29. The molecule has 1 fully saturated rings. The first-order valence-corrected chi connectivity index (χ1v) is 9.94. The number of rotatable bonds is 8. The average Bonchev–Trinajstić information content (AvgIpc) is 3.20. The fraction of sp³-hybridized carbons (Fsp3) is 0.571. The van der Waals surface area contributed by atoms with Crippen molar-refractivity contribution in [2.24, 2.45) is 11.8 Å². The largest absolute Gasteiger partial charge is 0.347 e. The van der Waals surface area contributed by atoms with E-state index in [2.05, 4.69) is 34.5 Å². The first kappa shape index (κ1) is 18.6. The Labute approximate surface area is 156 Å². The molecule has 3 rings (SSSR count). The number of aromatic nitrogens is 3. The van der Waals surface area contributed by atoms with E-state index in [1.807, 2.05) is 18.2 Å². The Kier molecular flexibility index (Phi) is 6.81. The third-order valence-corrected chi connectivity index (χ3v) is 5.54. The molecule has 1 amide bonds. The van der Waals surface area contributed by atoms with Crippen molar-refractivity contribution in [2.45, 2.75) is 64.5 Å². The van der Waals surface area contributed by atoms with E-state index in [9.17, 15) is 4.79 Å². The van der Waals surface area contributed by atoms with Gasteiger partial charge in [0.1, 0.15) is 12.7 Å². The standard InChI is InChI=1S/C21H30N4O/c1-2-3-7-17-10-12-19(13-11-17)21(26)24-20(14-25-16-22-15-23-25)18-8-5-4-6-9-18/h4-6,8-9,15-17,19-20H,2-3,7,10-14H2,1H3,(H,24,26). The molecule has 1 saturated carbocycles. The summed E-state index contributed by atoms with van der Waals surface area (Å²) in [5.74, 6) is 1.15. The molecule has 0 bridgehead atoms. The minimum absolute atomic E-state index is 0.0804. The number of benzene rings is 1. The first-order valence-electron chi connectivity index (χ1n) is 9.94. The second kappa shape index (κ2) is 9.51. The monoisotopic (exact) mass is 354 g/mol. The predicted molar refractivity (Wildman–Crippen MR) is 102 cm³/mol. The Hall–Kier alpha value is -2.17. The van der Waals surface area contributed by atoms with Crippen molar-refractivity contribution in [1.82, 2.24) is 20.1 Å². The average molecular weight is 354 g/mol. The Morgan fingerprint density at radius 2 is 2.00 bits per heavy atom. The number of unbranched alkanes of at least 4 members (excludes halogenated alkanes) is 1. The topological polar surface area (TPSA) is 59.8 Å². The maximum absolute atomic E-state index is 12.9. The van der Waals surface area contributed by atoms with E-state index in [0.717, 1.165) is 24.3 Å². The maximum atomic E-state index is 12.9. The lowest BCUT2D eigenvalue weighted by atomic mass is 9.79. The van der Waals surface area contributed by atoms with Crippen molar-refractivity contribution in [3.8, 4) is 0 Å². The highest BCUT2D eigenvalue weighted by molar-refractivity contribution is 5.79. The summed E-state index contributed by atoms with van der Waals surface area (Å²) >= 11 is 0. The van der Waals surface area contributed by atoms with Gasteiger partial charge < -0.3 is 5.32 Å². The van der Waals surface area contributed by atoms with Gasteiger partial charge in [-0.15, -0.1) is 0 Å². The quantitative estimate of drug-likeness (QED) is 0.775. The number of amides is 1. The van der Waals surface area contributed by atoms with Crippen LogP contribution in [0.1, 0.15) is 63.5 Å². The molecular weight excluding hydrogens is 324 g/mol. The molecule has 0 aliphatic heterocycles. The van der Waals surface area contributed by atoms with Gasteiger partial charge in [0.05, 0.1) is 12.6 Å². The summed E-state index contributed by atoms with van der Waals surface area (Å²) in [6, 6.07) is 10.1. The van der Waals surface area contributed by atoms with Crippen LogP contribution in [-0.4, -0.2) is 20.7 Å². The van der Waals surface area contributed by atoms with Gasteiger partial charge in [-0.05, 0) is 37.2 Å². The van der Waals surface area contributed by atoms with Crippen molar-refractivity contribution >= 4 is 5.91 Å². The van der Waals surface area contributed by atoms with Gasteiger partial charge in [-0.1, -0.05) is 56.5 Å². The maximum Gasteiger partial charge on any atom is 0.223 e. The van der Waals surface area contributed by atoms with Gasteiger partial charge >= 0.3 is 0 Å². The second-order valence-corrected chi connectivity index (χ2v) is 7.45. The molecule has 26 heavy (non-hydrogen) atoms. The second-order valence-electron chi connectivity index (χ2n) is 7.45. The molecule has 1 heterocycles. The molecule has 1 aromatic carbocycles. The summed E-state index contributed by atoms with van der Waals surface area (Å²) in [6.07, 6.45) is 11.5. The van der Waals surface area contributed by atoms with Crippen molar-refractivity contribution < 1.29 is 4.79 Å². The minimum atomic E-state index is -0.0804. The van der Waals surface area contributed by atoms with Crippen LogP contribution in [0.5, 0.6) is 0 Å². The van der Waals surface area contributed by atoms with Crippen LogP contribution in [0.2, 0.25) is 0 Å². The molecule has 1 atom stereocenters. The van der Waals surface area contributed by atoms with Crippen molar-refractivity contribution in [3.05, 3.63) is 48.5 Å². The van der Waals surface area contributed by atoms with E-state index in [4.69, 9.17) is 0 Å². The highest BCUT2D eigenvalue weighted by Gasteiger charge is 2.27. The van der Waals surface area contributed by atoms with Crippen LogP contribution >= 0.6 is 0 Å². The number of carbonyl (C=O) groups is 1. The molecule has 1 aliphatic rings. The zero-order valence-electron chi connectivity index (χ0n) is 15.7. The lowest BCUT2D eigenvalue weighted by Crippen LogP contribution is -2.37. The van der Waals surface area contributed by atoms with Crippen LogP contribution in [0.25, 0.3) is 0 Å². The third-order valence-electron chi connectivity index (χ3n) is 5.54. The smallest absolute Gasteiger partial charge is 0.223 e. The van der Waals surface area contributed by atoms with Gasteiger partial charge in [0, 0.05) is 5.92 Å². The number of hydrogen-bond donors (Lipinski definition) is 1. The van der Waals surface area contributed by atoms with E-state index in [0.29, 0.717) is 6.54 Å². The molecule has 1 N–H and O–H groups in total. The molecule has 2 aromatic rings. The fourth-order valence-corrected chi connectivity index (χ4v) is 3.93. The predicted octanol–water partition coefficient (Wildman–Crippen LogP) is 4.13. The number of hydrogen-bond acceptors (Lipinski definition) is 3. The van der Waals surface area contributed by atoms with Gasteiger partial charge in [-0.3, -0.25) is 9.48 Å². The molecule has 0 radical (unpaired) electrons. The highest BCUT2D eigenvalue weighted by atomic mass is 16.1. The number of carbonyl (C=O) groups excluding carboxylic acids is 1. The Morgan fingerprint density at radius 3 is 2.65 bits per heavy atom. The minimum Gasteiger partial charge on any atom is -0.347 e. The van der Waals surface area contributed by atoms with Crippen molar-refractivity contribution in [3.63, 3.8) is 0 Å².